The van der Waals surface area contributed by atoms with Crippen LogP contribution in [0, 0.1) is 0 Å². The summed E-state index contributed by atoms with van der Waals surface area (Å²) >= 11 is 0. The Balaban J connectivity index is 1.44. The molecule has 39 heavy (non-hydrogen) atoms. The zero-order valence-corrected chi connectivity index (χ0v) is 23.0. The molecule has 214 valence electrons. The minimum absolute atomic E-state index is 0.0621. The molecular weight excluding hydrogens is 552 g/mol. The molecule has 1 spiro atoms. The van der Waals surface area contributed by atoms with Crippen LogP contribution in [0.15, 0.2) is 47.4 Å². The lowest BCUT2D eigenvalue weighted by atomic mass is 9.81. The Morgan fingerprint density at radius 1 is 0.974 bits per heavy atom. The van der Waals surface area contributed by atoms with Gasteiger partial charge in [0.15, 0.2) is 6.23 Å². The largest absolute Gasteiger partial charge is 0.395 e. The quantitative estimate of drug-likeness (QED) is 0.434. The first-order chi connectivity index (χ1) is 18.4. The number of alkyl halides is 2. The van der Waals surface area contributed by atoms with Gasteiger partial charge in [0.2, 0.25) is 20.0 Å². The van der Waals surface area contributed by atoms with Crippen LogP contribution in [-0.2, 0) is 25.5 Å². The number of fused-ring (bicyclic) bond motifs is 2. The van der Waals surface area contributed by atoms with E-state index in [4.69, 9.17) is 5.11 Å². The minimum Gasteiger partial charge on any atom is -0.395 e. The number of hydrogen-bond donors (Lipinski definition) is 3. The Kier molecular flexibility index (Phi) is 7.42. The summed E-state index contributed by atoms with van der Waals surface area (Å²) in [6.45, 7) is -0.555. The number of hydrogen-bond acceptors (Lipinski definition) is 7. The van der Waals surface area contributed by atoms with E-state index in [9.17, 15) is 30.7 Å². The maximum atomic E-state index is 13.6. The fraction of sp³-hybridized carbons (Fsp3) is 0.538. The predicted molar refractivity (Wildman–Crippen MR) is 143 cm³/mol. The second-order valence-corrected chi connectivity index (χ2v) is 14.5. The van der Waals surface area contributed by atoms with E-state index in [2.05, 4.69) is 4.72 Å². The van der Waals surface area contributed by atoms with Gasteiger partial charge in [-0.2, -0.15) is 4.31 Å². The van der Waals surface area contributed by atoms with Crippen molar-refractivity contribution in [3.63, 3.8) is 0 Å². The van der Waals surface area contributed by atoms with E-state index in [0.717, 1.165) is 41.2 Å². The summed E-state index contributed by atoms with van der Waals surface area (Å²) in [6, 6.07) is 11.1. The third-order valence-electron chi connectivity index (χ3n) is 8.09. The molecule has 0 radical (unpaired) electrons. The lowest BCUT2D eigenvalue weighted by molar-refractivity contribution is -0.0412. The number of anilines is 2. The van der Waals surface area contributed by atoms with Crippen LogP contribution in [0.3, 0.4) is 0 Å². The topological polar surface area (TPSA) is 127 Å². The Bertz CT molecular complexity index is 1440. The normalized spacial score (nSPS) is 21.7. The number of halogens is 2. The van der Waals surface area contributed by atoms with E-state index in [1.54, 1.807) is 29.2 Å². The molecule has 0 bridgehead atoms. The van der Waals surface area contributed by atoms with Gasteiger partial charge in [0.25, 0.3) is 5.92 Å². The SMILES string of the molecule is O=S(=O)(CCO)Nc1ccc2c(c1)C1(CCCC1)CN2C(O)c1cccc(S(=O)(=O)N2CCC(F)(F)CC2)c1. The van der Waals surface area contributed by atoms with Gasteiger partial charge in [-0.15, -0.1) is 0 Å². The van der Waals surface area contributed by atoms with E-state index >= 15 is 0 Å². The molecule has 1 saturated carbocycles. The highest BCUT2D eigenvalue weighted by Gasteiger charge is 2.46. The lowest BCUT2D eigenvalue weighted by Crippen LogP contribution is -2.42. The van der Waals surface area contributed by atoms with E-state index in [1.165, 1.54) is 18.2 Å². The molecule has 0 aromatic heterocycles. The number of aliphatic hydroxyl groups excluding tert-OH is 2. The predicted octanol–water partition coefficient (Wildman–Crippen LogP) is 3.16. The Morgan fingerprint density at radius 2 is 1.67 bits per heavy atom. The molecule has 2 heterocycles. The van der Waals surface area contributed by atoms with Gasteiger partial charge < -0.3 is 15.1 Å². The number of rotatable bonds is 8. The van der Waals surface area contributed by atoms with E-state index in [-0.39, 0.29) is 23.4 Å². The first-order valence-corrected chi connectivity index (χ1v) is 16.1. The summed E-state index contributed by atoms with van der Waals surface area (Å²) < 4.78 is 81.6. The average Bonchev–Trinajstić information content (AvgIpc) is 3.48. The third-order valence-corrected chi connectivity index (χ3v) is 11.2. The van der Waals surface area contributed by atoms with Crippen LogP contribution in [0.1, 0.15) is 55.9 Å². The van der Waals surface area contributed by atoms with Crippen molar-refractivity contribution in [1.29, 1.82) is 0 Å². The molecule has 5 rings (SSSR count). The number of sulfonamides is 2. The molecule has 9 nitrogen and oxygen atoms in total. The van der Waals surface area contributed by atoms with Crippen molar-refractivity contribution in [3.05, 3.63) is 53.6 Å². The first kappa shape index (κ1) is 28.2. The first-order valence-electron chi connectivity index (χ1n) is 13.0. The van der Waals surface area contributed by atoms with Crippen molar-refractivity contribution in [1.82, 2.24) is 4.31 Å². The van der Waals surface area contributed by atoms with Gasteiger partial charge in [0.05, 0.1) is 17.3 Å². The molecule has 0 amide bonds. The maximum absolute atomic E-state index is 13.6. The molecule has 3 aliphatic rings. The second-order valence-electron chi connectivity index (χ2n) is 10.7. The molecule has 2 fully saturated rings. The van der Waals surface area contributed by atoms with Gasteiger partial charge in [-0.1, -0.05) is 25.0 Å². The molecule has 2 aliphatic heterocycles. The Labute approximate surface area is 227 Å². The van der Waals surface area contributed by atoms with Crippen molar-refractivity contribution in [2.75, 3.05) is 41.6 Å². The molecule has 2 aromatic carbocycles. The number of piperidine rings is 1. The zero-order chi connectivity index (χ0) is 28.1. The van der Waals surface area contributed by atoms with Gasteiger partial charge in [0, 0.05) is 54.8 Å². The van der Waals surface area contributed by atoms with Gasteiger partial charge in [0.1, 0.15) is 0 Å². The van der Waals surface area contributed by atoms with E-state index in [0.29, 0.717) is 17.8 Å². The van der Waals surface area contributed by atoms with E-state index < -0.39 is 57.4 Å². The summed E-state index contributed by atoms with van der Waals surface area (Å²) in [4.78, 5) is 1.74. The molecular formula is C26H33F2N3O6S2. The number of aliphatic hydroxyl groups is 2. The van der Waals surface area contributed by atoms with Crippen molar-refractivity contribution in [3.8, 4) is 0 Å². The van der Waals surface area contributed by atoms with Crippen LogP contribution in [-0.4, -0.2) is 69.3 Å². The van der Waals surface area contributed by atoms with Crippen molar-refractivity contribution in [2.45, 2.75) is 61.0 Å². The molecule has 1 aliphatic carbocycles. The van der Waals surface area contributed by atoms with Crippen molar-refractivity contribution in [2.24, 2.45) is 0 Å². The third kappa shape index (κ3) is 5.51. The summed E-state index contributed by atoms with van der Waals surface area (Å²) in [5, 5.41) is 20.5. The lowest BCUT2D eigenvalue weighted by Gasteiger charge is -2.31. The van der Waals surface area contributed by atoms with E-state index in [1.807, 2.05) is 0 Å². The number of nitrogens with one attached hydrogen (secondary N) is 1. The van der Waals surface area contributed by atoms with Crippen LogP contribution in [0.25, 0.3) is 0 Å². The Hall–Kier alpha value is -2.32. The van der Waals surface area contributed by atoms with Crippen molar-refractivity contribution < 1.29 is 35.8 Å². The molecule has 1 saturated heterocycles. The summed E-state index contributed by atoms with van der Waals surface area (Å²) in [6.07, 6.45) is 1.48. The average molecular weight is 586 g/mol. The monoisotopic (exact) mass is 585 g/mol. The smallest absolute Gasteiger partial charge is 0.250 e. The zero-order valence-electron chi connectivity index (χ0n) is 21.4. The van der Waals surface area contributed by atoms with Gasteiger partial charge in [-0.05, 0) is 48.7 Å². The minimum atomic E-state index is -4.01. The van der Waals surface area contributed by atoms with Crippen LogP contribution < -0.4 is 9.62 Å². The molecule has 3 N–H and O–H groups in total. The molecule has 13 heteroatoms. The Morgan fingerprint density at radius 3 is 2.33 bits per heavy atom. The molecule has 2 aromatic rings. The van der Waals surface area contributed by atoms with Gasteiger partial charge >= 0.3 is 0 Å². The van der Waals surface area contributed by atoms with Crippen molar-refractivity contribution >= 4 is 31.4 Å². The number of benzene rings is 2. The second kappa shape index (κ2) is 10.3. The highest BCUT2D eigenvalue weighted by atomic mass is 32.2. The molecule has 1 unspecified atom stereocenters. The highest BCUT2D eigenvalue weighted by Crippen LogP contribution is 2.53. The number of nitrogens with zero attached hydrogens (tertiary/aromatic N) is 2. The fourth-order valence-corrected chi connectivity index (χ4v) is 8.36. The summed E-state index contributed by atoms with van der Waals surface area (Å²) in [5.74, 6) is -3.29. The van der Waals surface area contributed by atoms with Gasteiger partial charge in [-0.25, -0.2) is 25.6 Å². The van der Waals surface area contributed by atoms with Crippen LogP contribution in [0.4, 0.5) is 20.2 Å². The summed E-state index contributed by atoms with van der Waals surface area (Å²) in [5.41, 5.74) is 2.11. The van der Waals surface area contributed by atoms with Crippen LogP contribution >= 0.6 is 0 Å². The van der Waals surface area contributed by atoms with Crippen LogP contribution in [0.5, 0.6) is 0 Å². The van der Waals surface area contributed by atoms with Crippen LogP contribution in [0.2, 0.25) is 0 Å². The fourth-order valence-electron chi connectivity index (χ4n) is 6.04. The highest BCUT2D eigenvalue weighted by molar-refractivity contribution is 7.92. The molecule has 1 atom stereocenters. The standard InChI is InChI=1S/C26H33F2N3O6S2/c27-26(28)10-12-30(13-11-26)39(36,37)21-5-3-4-19(16-21)24(33)31-18-25(8-1-2-9-25)22-17-20(6-7-23(22)31)29-38(34,35)15-14-32/h3-7,16-17,24,29,32-33H,1-2,8-15,18H2. The maximum Gasteiger partial charge on any atom is 0.250 e. The van der Waals surface area contributed by atoms with Gasteiger partial charge in [-0.3, -0.25) is 4.72 Å². The summed E-state index contributed by atoms with van der Waals surface area (Å²) in [7, 11) is -7.72.